The minimum Gasteiger partial charge on any atom is -0.449 e. The molecule has 1 aliphatic rings. The van der Waals surface area contributed by atoms with E-state index in [-0.39, 0.29) is 17.2 Å². The lowest BCUT2D eigenvalue weighted by atomic mass is 10.0. The number of esters is 1. The number of hydrogen-bond acceptors (Lipinski definition) is 4. The molecule has 2 aromatic carbocycles. The van der Waals surface area contributed by atoms with E-state index in [1.165, 1.54) is 31.2 Å². The second-order valence-corrected chi connectivity index (χ2v) is 6.14. The van der Waals surface area contributed by atoms with Gasteiger partial charge in [-0.2, -0.15) is 8.78 Å². The highest BCUT2D eigenvalue weighted by atomic mass is 19.3. The van der Waals surface area contributed by atoms with E-state index in [1.807, 2.05) is 24.3 Å². The SMILES string of the molecule is CC(OC(=O)c1ccccc1OC(F)F)C(=O)N1CCCc2ccccc21. The van der Waals surface area contributed by atoms with E-state index in [4.69, 9.17) is 4.74 Å². The molecule has 3 rings (SSSR count). The number of benzene rings is 2. The monoisotopic (exact) mass is 375 g/mol. The average molecular weight is 375 g/mol. The molecule has 5 nitrogen and oxygen atoms in total. The fourth-order valence-corrected chi connectivity index (χ4v) is 3.09. The average Bonchev–Trinajstić information content (AvgIpc) is 2.66. The topological polar surface area (TPSA) is 55.8 Å². The van der Waals surface area contributed by atoms with Gasteiger partial charge in [-0.3, -0.25) is 4.79 Å². The molecule has 1 unspecified atom stereocenters. The van der Waals surface area contributed by atoms with Crippen molar-refractivity contribution < 1.29 is 27.8 Å². The number of aryl methyl sites for hydroxylation is 1. The summed E-state index contributed by atoms with van der Waals surface area (Å²) in [5, 5.41) is 0. The summed E-state index contributed by atoms with van der Waals surface area (Å²) in [5.41, 5.74) is 1.71. The van der Waals surface area contributed by atoms with Gasteiger partial charge >= 0.3 is 12.6 Å². The first-order chi connectivity index (χ1) is 13.0. The zero-order chi connectivity index (χ0) is 19.4. The van der Waals surface area contributed by atoms with Crippen LogP contribution >= 0.6 is 0 Å². The Balaban J connectivity index is 1.74. The Morgan fingerprint density at radius 3 is 2.56 bits per heavy atom. The maximum absolute atomic E-state index is 12.8. The minimum absolute atomic E-state index is 0.156. The number of nitrogens with zero attached hydrogens (tertiary/aromatic N) is 1. The Morgan fingerprint density at radius 2 is 1.78 bits per heavy atom. The van der Waals surface area contributed by atoms with Gasteiger partial charge < -0.3 is 14.4 Å². The van der Waals surface area contributed by atoms with E-state index in [0.29, 0.717) is 6.54 Å². The van der Waals surface area contributed by atoms with E-state index in [1.54, 1.807) is 4.90 Å². The van der Waals surface area contributed by atoms with Crippen molar-refractivity contribution in [3.63, 3.8) is 0 Å². The van der Waals surface area contributed by atoms with E-state index in [2.05, 4.69) is 4.74 Å². The van der Waals surface area contributed by atoms with Crippen LogP contribution in [0.15, 0.2) is 48.5 Å². The van der Waals surface area contributed by atoms with Crippen molar-refractivity contribution >= 4 is 17.6 Å². The molecular weight excluding hydrogens is 356 g/mol. The Hall–Kier alpha value is -2.96. The van der Waals surface area contributed by atoms with Gasteiger partial charge in [0.2, 0.25) is 0 Å². The number of hydrogen-bond donors (Lipinski definition) is 0. The lowest BCUT2D eigenvalue weighted by Gasteiger charge is -2.31. The molecule has 0 bridgehead atoms. The van der Waals surface area contributed by atoms with Gasteiger partial charge in [-0.15, -0.1) is 0 Å². The van der Waals surface area contributed by atoms with Crippen LogP contribution in [0, 0.1) is 0 Å². The van der Waals surface area contributed by atoms with Crippen LogP contribution in [0.2, 0.25) is 0 Å². The molecule has 0 N–H and O–H groups in total. The molecule has 0 radical (unpaired) electrons. The second-order valence-electron chi connectivity index (χ2n) is 6.14. The number of carbonyl (C=O) groups excluding carboxylic acids is 2. The number of carbonyl (C=O) groups is 2. The lowest BCUT2D eigenvalue weighted by molar-refractivity contribution is -0.126. The predicted molar refractivity (Wildman–Crippen MR) is 95.1 cm³/mol. The molecule has 1 atom stereocenters. The van der Waals surface area contributed by atoms with Crippen LogP contribution in [0.1, 0.15) is 29.3 Å². The van der Waals surface area contributed by atoms with E-state index < -0.39 is 18.7 Å². The summed E-state index contributed by atoms with van der Waals surface area (Å²) < 4.78 is 34.6. The Morgan fingerprint density at radius 1 is 1.07 bits per heavy atom. The molecule has 0 fully saturated rings. The lowest BCUT2D eigenvalue weighted by Crippen LogP contribution is -2.42. The van der Waals surface area contributed by atoms with Gasteiger partial charge in [-0.05, 0) is 43.5 Å². The summed E-state index contributed by atoms with van der Waals surface area (Å²) in [6, 6.07) is 13.1. The number of ether oxygens (including phenoxy) is 2. The highest BCUT2D eigenvalue weighted by Gasteiger charge is 2.29. The maximum atomic E-state index is 12.8. The van der Waals surface area contributed by atoms with E-state index >= 15 is 0 Å². The fourth-order valence-electron chi connectivity index (χ4n) is 3.09. The number of fused-ring (bicyclic) bond motifs is 1. The summed E-state index contributed by atoms with van der Waals surface area (Å²) in [7, 11) is 0. The first kappa shape index (κ1) is 18.8. The van der Waals surface area contributed by atoms with Gasteiger partial charge in [0, 0.05) is 12.2 Å². The smallest absolute Gasteiger partial charge is 0.387 e. The molecule has 27 heavy (non-hydrogen) atoms. The zero-order valence-corrected chi connectivity index (χ0v) is 14.7. The number of alkyl halides is 2. The van der Waals surface area contributed by atoms with Gasteiger partial charge in [0.05, 0.1) is 0 Å². The van der Waals surface area contributed by atoms with Crippen molar-refractivity contribution in [3.05, 3.63) is 59.7 Å². The Bertz CT molecular complexity index is 840. The first-order valence-corrected chi connectivity index (χ1v) is 8.61. The van der Waals surface area contributed by atoms with Crippen molar-refractivity contribution in [3.8, 4) is 5.75 Å². The highest BCUT2D eigenvalue weighted by molar-refractivity contribution is 6.00. The van der Waals surface area contributed by atoms with Gasteiger partial charge in [0.1, 0.15) is 11.3 Å². The molecule has 0 saturated heterocycles. The molecule has 7 heteroatoms. The number of rotatable bonds is 5. The zero-order valence-electron chi connectivity index (χ0n) is 14.7. The van der Waals surface area contributed by atoms with Crippen molar-refractivity contribution in [1.29, 1.82) is 0 Å². The third-order valence-electron chi connectivity index (χ3n) is 4.33. The first-order valence-electron chi connectivity index (χ1n) is 8.61. The maximum Gasteiger partial charge on any atom is 0.387 e. The summed E-state index contributed by atoms with van der Waals surface area (Å²) >= 11 is 0. The van der Waals surface area contributed by atoms with Crippen LogP contribution in [-0.4, -0.2) is 31.1 Å². The van der Waals surface area contributed by atoms with Crippen molar-refractivity contribution in [2.45, 2.75) is 32.5 Å². The van der Waals surface area contributed by atoms with Gasteiger partial charge in [0.15, 0.2) is 6.10 Å². The molecule has 0 spiro atoms. The third-order valence-corrected chi connectivity index (χ3v) is 4.33. The number of anilines is 1. The molecule has 1 aliphatic heterocycles. The van der Waals surface area contributed by atoms with Crippen LogP contribution < -0.4 is 9.64 Å². The quantitative estimate of drug-likeness (QED) is 0.746. The summed E-state index contributed by atoms with van der Waals surface area (Å²) in [5.74, 6) is -1.54. The number of halogens is 2. The number of amides is 1. The van der Waals surface area contributed by atoms with E-state index in [0.717, 1.165) is 24.1 Å². The van der Waals surface area contributed by atoms with E-state index in [9.17, 15) is 18.4 Å². The molecule has 0 aromatic heterocycles. The van der Waals surface area contributed by atoms with Crippen LogP contribution in [0.3, 0.4) is 0 Å². The summed E-state index contributed by atoms with van der Waals surface area (Å²) in [4.78, 5) is 26.8. The molecule has 1 amide bonds. The molecular formula is C20H19F2NO4. The third kappa shape index (κ3) is 4.24. The minimum atomic E-state index is -3.07. The standard InChI is InChI=1S/C20H19F2NO4/c1-13(18(24)23-12-6-8-14-7-2-4-10-16(14)23)26-19(25)15-9-3-5-11-17(15)27-20(21)22/h2-5,7,9-11,13,20H,6,8,12H2,1H3. The van der Waals surface area contributed by atoms with Crippen LogP contribution in [0.5, 0.6) is 5.75 Å². The van der Waals surface area contributed by atoms with Crippen LogP contribution in [0.25, 0.3) is 0 Å². The summed E-state index contributed by atoms with van der Waals surface area (Å²) in [6.45, 7) is -1.07. The molecule has 0 aliphatic carbocycles. The fraction of sp³-hybridized carbons (Fsp3) is 0.300. The predicted octanol–water partition coefficient (Wildman–Crippen LogP) is 3.81. The largest absolute Gasteiger partial charge is 0.449 e. The van der Waals surface area contributed by atoms with Gasteiger partial charge in [-0.25, -0.2) is 4.79 Å². The Labute approximate surface area is 155 Å². The molecule has 2 aromatic rings. The molecule has 0 saturated carbocycles. The Kier molecular flexibility index (Phi) is 5.69. The molecule has 1 heterocycles. The van der Waals surface area contributed by atoms with Crippen LogP contribution in [-0.2, 0) is 16.0 Å². The summed E-state index contributed by atoms with van der Waals surface area (Å²) in [6.07, 6.45) is 0.629. The van der Waals surface area contributed by atoms with Crippen molar-refractivity contribution in [2.24, 2.45) is 0 Å². The van der Waals surface area contributed by atoms with Crippen LogP contribution in [0.4, 0.5) is 14.5 Å². The van der Waals surface area contributed by atoms with Crippen molar-refractivity contribution in [1.82, 2.24) is 0 Å². The van der Waals surface area contributed by atoms with Gasteiger partial charge in [-0.1, -0.05) is 30.3 Å². The van der Waals surface area contributed by atoms with Gasteiger partial charge in [0.25, 0.3) is 5.91 Å². The number of para-hydroxylation sites is 2. The highest BCUT2D eigenvalue weighted by Crippen LogP contribution is 2.28. The normalized spacial score (nSPS) is 14.4. The van der Waals surface area contributed by atoms with Crippen molar-refractivity contribution in [2.75, 3.05) is 11.4 Å². The molecule has 142 valence electrons. The second kappa shape index (κ2) is 8.16.